The Kier molecular flexibility index (Phi) is 5.86. The maximum atomic E-state index is 11.9. The van der Waals surface area contributed by atoms with Crippen LogP contribution in [0, 0.1) is 0 Å². The molecule has 2 aromatic carbocycles. The summed E-state index contributed by atoms with van der Waals surface area (Å²) < 4.78 is 1.82. The quantitative estimate of drug-likeness (QED) is 0.702. The van der Waals surface area contributed by atoms with Gasteiger partial charge in [-0.1, -0.05) is 35.9 Å². The fourth-order valence-corrected chi connectivity index (χ4v) is 2.71. The van der Waals surface area contributed by atoms with Crippen LogP contribution in [-0.4, -0.2) is 22.2 Å². The van der Waals surface area contributed by atoms with Gasteiger partial charge in [0.2, 0.25) is 5.91 Å². The molecule has 5 heteroatoms. The van der Waals surface area contributed by atoms with E-state index in [1.807, 2.05) is 53.3 Å². The van der Waals surface area contributed by atoms with Crippen molar-refractivity contribution < 1.29 is 4.79 Å². The Hall–Kier alpha value is -2.59. The van der Waals surface area contributed by atoms with Gasteiger partial charge in [-0.3, -0.25) is 4.79 Å². The molecule has 0 bridgehead atoms. The molecule has 0 aliphatic rings. The number of amides is 1. The number of carbonyl (C=O) groups is 1. The molecule has 1 N–H and O–H groups in total. The van der Waals surface area contributed by atoms with Gasteiger partial charge in [-0.15, -0.1) is 0 Å². The lowest BCUT2D eigenvalue weighted by Crippen LogP contribution is -2.25. The number of aromatic nitrogens is 2. The van der Waals surface area contributed by atoms with Crippen LogP contribution in [0.3, 0.4) is 0 Å². The summed E-state index contributed by atoms with van der Waals surface area (Å²) in [7, 11) is 0. The van der Waals surface area contributed by atoms with Crippen molar-refractivity contribution in [2.75, 3.05) is 6.54 Å². The van der Waals surface area contributed by atoms with Gasteiger partial charge in [0.1, 0.15) is 0 Å². The summed E-state index contributed by atoms with van der Waals surface area (Å²) >= 11 is 5.86. The summed E-state index contributed by atoms with van der Waals surface area (Å²) in [6.07, 6.45) is 5.69. The average Bonchev–Trinajstić information content (AvgIpc) is 3.16. The lowest BCUT2D eigenvalue weighted by Gasteiger charge is -2.07. The normalized spacial score (nSPS) is 10.6. The van der Waals surface area contributed by atoms with E-state index in [1.165, 1.54) is 5.56 Å². The smallest absolute Gasteiger partial charge is 0.220 e. The van der Waals surface area contributed by atoms with E-state index in [4.69, 9.17) is 11.6 Å². The molecule has 0 spiro atoms. The van der Waals surface area contributed by atoms with Crippen molar-refractivity contribution in [2.24, 2.45) is 0 Å². The van der Waals surface area contributed by atoms with Crippen molar-refractivity contribution >= 4 is 17.5 Å². The van der Waals surface area contributed by atoms with Crippen LogP contribution in [0.15, 0.2) is 67.0 Å². The minimum absolute atomic E-state index is 0.0723. The third-order valence-corrected chi connectivity index (χ3v) is 4.25. The van der Waals surface area contributed by atoms with E-state index in [0.29, 0.717) is 18.0 Å². The van der Waals surface area contributed by atoms with E-state index in [2.05, 4.69) is 22.5 Å². The molecular formula is C20H20ClN3O. The molecule has 25 heavy (non-hydrogen) atoms. The van der Waals surface area contributed by atoms with Crippen LogP contribution in [0.25, 0.3) is 5.69 Å². The van der Waals surface area contributed by atoms with Gasteiger partial charge in [0.15, 0.2) is 0 Å². The zero-order valence-electron chi connectivity index (χ0n) is 13.9. The Morgan fingerprint density at radius 2 is 1.68 bits per heavy atom. The van der Waals surface area contributed by atoms with Crippen molar-refractivity contribution in [3.63, 3.8) is 0 Å². The summed E-state index contributed by atoms with van der Waals surface area (Å²) in [6.45, 7) is 0.639. The third kappa shape index (κ3) is 5.19. The van der Waals surface area contributed by atoms with Crippen LogP contribution in [0.5, 0.6) is 0 Å². The second-order valence-electron chi connectivity index (χ2n) is 5.84. The highest BCUT2D eigenvalue weighted by Crippen LogP contribution is 2.11. The first-order chi connectivity index (χ1) is 12.2. The monoisotopic (exact) mass is 353 g/mol. The van der Waals surface area contributed by atoms with Gasteiger partial charge < -0.3 is 5.32 Å². The minimum atomic E-state index is 0.0723. The Bertz CT molecular complexity index is 796. The molecule has 0 unspecified atom stereocenters. The topological polar surface area (TPSA) is 46.9 Å². The second-order valence-corrected chi connectivity index (χ2v) is 6.28. The maximum absolute atomic E-state index is 11.9. The number of hydrogen-bond acceptors (Lipinski definition) is 2. The Labute approximate surface area is 152 Å². The van der Waals surface area contributed by atoms with Crippen LogP contribution in [0.1, 0.15) is 17.5 Å². The molecule has 1 amide bonds. The van der Waals surface area contributed by atoms with Crippen molar-refractivity contribution in [1.29, 1.82) is 0 Å². The van der Waals surface area contributed by atoms with Gasteiger partial charge in [-0.05, 0) is 54.3 Å². The highest BCUT2D eigenvalue weighted by atomic mass is 35.5. The zero-order valence-corrected chi connectivity index (χ0v) is 14.6. The van der Waals surface area contributed by atoms with Gasteiger partial charge >= 0.3 is 0 Å². The molecule has 3 rings (SSSR count). The van der Waals surface area contributed by atoms with E-state index in [-0.39, 0.29) is 5.91 Å². The molecule has 1 aromatic heterocycles. The van der Waals surface area contributed by atoms with Crippen molar-refractivity contribution in [3.8, 4) is 5.69 Å². The van der Waals surface area contributed by atoms with Crippen LogP contribution in [-0.2, 0) is 17.6 Å². The van der Waals surface area contributed by atoms with Crippen molar-refractivity contribution in [2.45, 2.75) is 19.3 Å². The maximum Gasteiger partial charge on any atom is 0.220 e. The molecule has 0 saturated carbocycles. The number of nitrogens with one attached hydrogen (secondary N) is 1. The fraction of sp³-hybridized carbons (Fsp3) is 0.200. The minimum Gasteiger partial charge on any atom is -0.356 e. The first kappa shape index (κ1) is 17.2. The second kappa shape index (κ2) is 8.49. The number of hydrogen-bond donors (Lipinski definition) is 1. The molecular weight excluding hydrogens is 334 g/mol. The average molecular weight is 354 g/mol. The molecule has 3 aromatic rings. The standard InChI is InChI=1S/C20H20ClN3O/c21-18-7-2-16(3-8-18)6-11-20(25)22-14-12-17-4-9-19(10-5-17)24-15-1-13-23-24/h1-5,7-10,13,15H,6,11-12,14H2,(H,22,25). The van der Waals surface area contributed by atoms with Crippen LogP contribution in [0.2, 0.25) is 5.02 Å². The van der Waals surface area contributed by atoms with Gasteiger partial charge in [0, 0.05) is 30.4 Å². The molecule has 0 aliphatic heterocycles. The zero-order chi connectivity index (χ0) is 17.5. The molecule has 0 aliphatic carbocycles. The molecule has 4 nitrogen and oxygen atoms in total. The van der Waals surface area contributed by atoms with Crippen LogP contribution in [0.4, 0.5) is 0 Å². The lowest BCUT2D eigenvalue weighted by atomic mass is 10.1. The highest BCUT2D eigenvalue weighted by Gasteiger charge is 2.03. The number of nitrogens with zero attached hydrogens (tertiary/aromatic N) is 2. The van der Waals surface area contributed by atoms with E-state index < -0.39 is 0 Å². The summed E-state index contributed by atoms with van der Waals surface area (Å²) in [4.78, 5) is 11.9. The Morgan fingerprint density at radius 1 is 1.00 bits per heavy atom. The van der Waals surface area contributed by atoms with Gasteiger partial charge in [-0.25, -0.2) is 4.68 Å². The van der Waals surface area contributed by atoms with E-state index in [1.54, 1.807) is 6.20 Å². The van der Waals surface area contributed by atoms with Crippen molar-refractivity contribution in [1.82, 2.24) is 15.1 Å². The number of carbonyl (C=O) groups excluding carboxylic acids is 1. The van der Waals surface area contributed by atoms with Gasteiger partial charge in [-0.2, -0.15) is 5.10 Å². The van der Waals surface area contributed by atoms with E-state index in [9.17, 15) is 4.79 Å². The van der Waals surface area contributed by atoms with Gasteiger partial charge in [0.05, 0.1) is 5.69 Å². The Balaban J connectivity index is 1.40. The molecule has 0 saturated heterocycles. The number of rotatable bonds is 7. The van der Waals surface area contributed by atoms with Crippen molar-refractivity contribution in [3.05, 3.63) is 83.1 Å². The lowest BCUT2D eigenvalue weighted by molar-refractivity contribution is -0.121. The summed E-state index contributed by atoms with van der Waals surface area (Å²) in [6, 6.07) is 17.7. The number of halogens is 1. The third-order valence-electron chi connectivity index (χ3n) is 4.00. The molecule has 0 radical (unpaired) electrons. The summed E-state index contributed by atoms with van der Waals surface area (Å²) in [5.41, 5.74) is 3.34. The summed E-state index contributed by atoms with van der Waals surface area (Å²) in [5, 5.41) is 7.89. The number of aryl methyl sites for hydroxylation is 1. The van der Waals surface area contributed by atoms with Gasteiger partial charge in [0.25, 0.3) is 0 Å². The van der Waals surface area contributed by atoms with E-state index in [0.717, 1.165) is 24.1 Å². The molecule has 0 fully saturated rings. The molecule has 128 valence electrons. The van der Waals surface area contributed by atoms with E-state index >= 15 is 0 Å². The largest absolute Gasteiger partial charge is 0.356 e. The predicted octanol–water partition coefficient (Wildman–Crippen LogP) is 3.82. The summed E-state index contributed by atoms with van der Waals surface area (Å²) in [5.74, 6) is 0.0723. The first-order valence-electron chi connectivity index (χ1n) is 8.31. The predicted molar refractivity (Wildman–Crippen MR) is 100 cm³/mol. The molecule has 1 heterocycles. The molecule has 0 atom stereocenters. The highest BCUT2D eigenvalue weighted by molar-refractivity contribution is 6.30. The Morgan fingerprint density at radius 3 is 2.36 bits per heavy atom. The van der Waals surface area contributed by atoms with Crippen LogP contribution < -0.4 is 5.32 Å². The SMILES string of the molecule is O=C(CCc1ccc(Cl)cc1)NCCc1ccc(-n2cccn2)cc1. The van der Waals surface area contributed by atoms with Crippen LogP contribution >= 0.6 is 11.6 Å². The first-order valence-corrected chi connectivity index (χ1v) is 8.68. The number of benzene rings is 2. The fourth-order valence-electron chi connectivity index (χ4n) is 2.58.